The van der Waals surface area contributed by atoms with Crippen LogP contribution in [0.2, 0.25) is 0 Å². The Hall–Kier alpha value is -3.64. The van der Waals surface area contributed by atoms with Crippen molar-refractivity contribution < 1.29 is 27.5 Å². The number of nitrogens with zero attached hydrogens (tertiary/aromatic N) is 1. The van der Waals surface area contributed by atoms with Crippen LogP contribution in [-0.2, 0) is 26.0 Å². The molecule has 12 heteroatoms. The molecule has 0 bridgehead atoms. The summed E-state index contributed by atoms with van der Waals surface area (Å²) in [5.74, 6) is 0.0249. The fourth-order valence-corrected chi connectivity index (χ4v) is 4.22. The number of carbonyl (C=O) groups is 2. The van der Waals surface area contributed by atoms with E-state index >= 15 is 0 Å². The third kappa shape index (κ3) is 8.46. The lowest BCUT2D eigenvalue weighted by Crippen LogP contribution is -2.40. The number of sulfonamides is 1. The number of aliphatic imine (C=N–C) groups is 1. The van der Waals surface area contributed by atoms with Crippen molar-refractivity contribution in [2.75, 3.05) is 26.6 Å². The van der Waals surface area contributed by atoms with Crippen LogP contribution >= 0.6 is 0 Å². The standard InChI is InChI=1S/C25H35N5O6S/c1-15(2)11-20(24(32)28-19-14-18(9-7-16(19)3)37(33,34)27-4)29-25(26)30-23(31)13-17-8-10-21(35-5)22(12-17)36-6/h7-10,12,14-15,20,27H,11,13H2,1-6H3,(H,28,32)(H3,26,29,30,31)/t20-/m1/s1. The molecular weight excluding hydrogens is 498 g/mol. The van der Waals surface area contributed by atoms with E-state index in [-0.39, 0.29) is 23.2 Å². The van der Waals surface area contributed by atoms with Crippen LogP contribution in [0.1, 0.15) is 31.4 Å². The van der Waals surface area contributed by atoms with E-state index in [1.165, 1.54) is 33.4 Å². The number of benzene rings is 2. The smallest absolute Gasteiger partial charge is 0.249 e. The predicted octanol–water partition coefficient (Wildman–Crippen LogP) is 1.95. The highest BCUT2D eigenvalue weighted by Gasteiger charge is 2.22. The number of hydrogen-bond donors (Lipinski definition) is 4. The molecule has 0 saturated heterocycles. The molecule has 5 N–H and O–H groups in total. The van der Waals surface area contributed by atoms with E-state index in [9.17, 15) is 18.0 Å². The van der Waals surface area contributed by atoms with Gasteiger partial charge in [-0.1, -0.05) is 26.0 Å². The quantitative estimate of drug-likeness (QED) is 0.253. The van der Waals surface area contributed by atoms with Gasteiger partial charge in [-0.05, 0) is 61.7 Å². The molecule has 37 heavy (non-hydrogen) atoms. The molecule has 0 aliphatic carbocycles. The van der Waals surface area contributed by atoms with Crippen molar-refractivity contribution in [1.82, 2.24) is 10.0 Å². The van der Waals surface area contributed by atoms with Crippen LogP contribution in [0.4, 0.5) is 5.69 Å². The molecular formula is C25H35N5O6S. The summed E-state index contributed by atoms with van der Waals surface area (Å²) >= 11 is 0. The van der Waals surface area contributed by atoms with Crippen molar-refractivity contribution in [3.63, 3.8) is 0 Å². The van der Waals surface area contributed by atoms with Gasteiger partial charge in [0.25, 0.3) is 0 Å². The number of carbonyl (C=O) groups excluding carboxylic acids is 2. The van der Waals surface area contributed by atoms with E-state index in [1.54, 1.807) is 31.2 Å². The third-order valence-electron chi connectivity index (χ3n) is 5.42. The molecule has 1 atom stereocenters. The number of methoxy groups -OCH3 is 2. The molecule has 11 nitrogen and oxygen atoms in total. The summed E-state index contributed by atoms with van der Waals surface area (Å²) in [7, 11) is 0.643. The first-order chi connectivity index (χ1) is 17.4. The Kier molecular flexibility index (Phi) is 10.4. The number of guanidine groups is 1. The van der Waals surface area contributed by atoms with E-state index in [4.69, 9.17) is 15.2 Å². The molecule has 2 amide bonds. The zero-order chi connectivity index (χ0) is 27.8. The molecule has 202 valence electrons. The van der Waals surface area contributed by atoms with E-state index in [0.29, 0.717) is 34.7 Å². The van der Waals surface area contributed by atoms with Crippen LogP contribution in [0.3, 0.4) is 0 Å². The second kappa shape index (κ2) is 13.1. The van der Waals surface area contributed by atoms with Crippen LogP contribution < -0.4 is 30.6 Å². The summed E-state index contributed by atoms with van der Waals surface area (Å²) in [4.78, 5) is 29.9. The van der Waals surface area contributed by atoms with Crippen LogP contribution in [-0.4, -0.2) is 53.5 Å². The first kappa shape index (κ1) is 29.6. The monoisotopic (exact) mass is 533 g/mol. The lowest BCUT2D eigenvalue weighted by molar-refractivity contribution is -0.119. The lowest BCUT2D eigenvalue weighted by atomic mass is 10.0. The second-order valence-electron chi connectivity index (χ2n) is 8.75. The van der Waals surface area contributed by atoms with Crippen LogP contribution in [0.15, 0.2) is 46.3 Å². The summed E-state index contributed by atoms with van der Waals surface area (Å²) in [6.45, 7) is 5.59. The number of amides is 2. The maximum atomic E-state index is 13.1. The van der Waals surface area contributed by atoms with Gasteiger partial charge in [-0.2, -0.15) is 0 Å². The van der Waals surface area contributed by atoms with Gasteiger partial charge in [0, 0.05) is 5.69 Å². The first-order valence-corrected chi connectivity index (χ1v) is 13.1. The van der Waals surface area contributed by atoms with Crippen molar-refractivity contribution >= 4 is 33.5 Å². The highest BCUT2D eigenvalue weighted by atomic mass is 32.2. The Morgan fingerprint density at radius 1 is 1.05 bits per heavy atom. The van der Waals surface area contributed by atoms with Gasteiger partial charge < -0.3 is 20.5 Å². The predicted molar refractivity (Wildman–Crippen MR) is 142 cm³/mol. The number of aryl methyl sites for hydroxylation is 1. The number of ether oxygens (including phenoxy) is 2. The lowest BCUT2D eigenvalue weighted by Gasteiger charge is -2.18. The summed E-state index contributed by atoms with van der Waals surface area (Å²) in [6.07, 6.45) is 0.356. The van der Waals surface area contributed by atoms with E-state index in [1.807, 2.05) is 13.8 Å². The van der Waals surface area contributed by atoms with Gasteiger partial charge in [-0.25, -0.2) is 18.1 Å². The zero-order valence-corrected chi connectivity index (χ0v) is 22.7. The number of hydrogen-bond acceptors (Lipinski definition) is 7. The molecule has 2 aromatic carbocycles. The Bertz CT molecular complexity index is 1260. The maximum Gasteiger partial charge on any atom is 0.249 e. The summed E-state index contributed by atoms with van der Waals surface area (Å²) in [6, 6.07) is 8.63. The summed E-state index contributed by atoms with van der Waals surface area (Å²) in [5.41, 5.74) is 7.65. The van der Waals surface area contributed by atoms with E-state index < -0.39 is 27.9 Å². The second-order valence-corrected chi connectivity index (χ2v) is 10.6. The summed E-state index contributed by atoms with van der Waals surface area (Å²) in [5, 5.41) is 5.26. The van der Waals surface area contributed by atoms with Crippen molar-refractivity contribution in [3.8, 4) is 11.5 Å². The number of anilines is 1. The molecule has 2 rings (SSSR count). The molecule has 0 spiro atoms. The maximum absolute atomic E-state index is 13.1. The van der Waals surface area contributed by atoms with E-state index in [2.05, 4.69) is 20.3 Å². The molecule has 0 unspecified atom stereocenters. The summed E-state index contributed by atoms with van der Waals surface area (Å²) < 4.78 is 37.0. The van der Waals surface area contributed by atoms with Crippen LogP contribution in [0, 0.1) is 12.8 Å². The van der Waals surface area contributed by atoms with Gasteiger partial charge in [0.05, 0.1) is 25.5 Å². The van der Waals surface area contributed by atoms with Gasteiger partial charge in [0.15, 0.2) is 17.5 Å². The molecule has 2 aromatic rings. The minimum atomic E-state index is -3.69. The average molecular weight is 534 g/mol. The topological polar surface area (TPSA) is 161 Å². The highest BCUT2D eigenvalue weighted by molar-refractivity contribution is 7.89. The Morgan fingerprint density at radius 3 is 2.32 bits per heavy atom. The third-order valence-corrected chi connectivity index (χ3v) is 6.83. The largest absolute Gasteiger partial charge is 0.493 e. The van der Waals surface area contributed by atoms with E-state index in [0.717, 1.165) is 0 Å². The van der Waals surface area contributed by atoms with Gasteiger partial charge >= 0.3 is 0 Å². The molecule has 0 fully saturated rings. The normalized spacial score (nSPS) is 12.7. The number of nitrogens with one attached hydrogen (secondary N) is 3. The average Bonchev–Trinajstić information content (AvgIpc) is 2.84. The van der Waals surface area contributed by atoms with Gasteiger partial charge in [0.1, 0.15) is 6.04 Å². The van der Waals surface area contributed by atoms with Gasteiger partial charge in [-0.3, -0.25) is 14.9 Å². The van der Waals surface area contributed by atoms with Crippen LogP contribution in [0.25, 0.3) is 0 Å². The molecule has 0 aromatic heterocycles. The Labute approximate surface area is 217 Å². The SMILES string of the molecule is CNS(=O)(=O)c1ccc(C)c(NC(=O)[C@@H](CC(C)C)N=C(N)NC(=O)Cc2ccc(OC)c(OC)c2)c1. The van der Waals surface area contributed by atoms with Crippen molar-refractivity contribution in [1.29, 1.82) is 0 Å². The minimum Gasteiger partial charge on any atom is -0.493 e. The van der Waals surface area contributed by atoms with Gasteiger partial charge in [0.2, 0.25) is 21.8 Å². The van der Waals surface area contributed by atoms with Crippen LogP contribution in [0.5, 0.6) is 11.5 Å². The molecule has 0 aliphatic rings. The van der Waals surface area contributed by atoms with Gasteiger partial charge in [-0.15, -0.1) is 0 Å². The Morgan fingerprint density at radius 2 is 1.73 bits per heavy atom. The molecule has 0 saturated carbocycles. The van der Waals surface area contributed by atoms with Crippen molar-refractivity contribution in [2.24, 2.45) is 16.6 Å². The molecule has 0 radical (unpaired) electrons. The number of nitrogens with two attached hydrogens (primary N) is 1. The molecule has 0 aliphatic heterocycles. The minimum absolute atomic E-state index is 0.00351. The first-order valence-electron chi connectivity index (χ1n) is 11.6. The molecule has 0 heterocycles. The number of rotatable bonds is 11. The van der Waals surface area contributed by atoms with Crippen molar-refractivity contribution in [2.45, 2.75) is 44.6 Å². The fourth-order valence-electron chi connectivity index (χ4n) is 3.46. The Balaban J connectivity index is 2.18. The zero-order valence-electron chi connectivity index (χ0n) is 21.9. The van der Waals surface area contributed by atoms with Crippen molar-refractivity contribution in [3.05, 3.63) is 47.5 Å². The highest BCUT2D eigenvalue weighted by Crippen LogP contribution is 2.27. The fraction of sp³-hybridized carbons (Fsp3) is 0.400.